The molecule has 3 fully saturated rings. The molecule has 1 aliphatic heterocycles. The highest BCUT2D eigenvalue weighted by Gasteiger charge is 2.61. The number of aliphatic hydroxyl groups excluding tert-OH is 1. The van der Waals surface area contributed by atoms with Crippen LogP contribution in [0, 0.1) is 11.8 Å². The molecule has 2 aliphatic carbocycles. The van der Waals surface area contributed by atoms with E-state index < -0.39 is 39.0 Å². The lowest BCUT2D eigenvalue weighted by Crippen LogP contribution is -2.52. The van der Waals surface area contributed by atoms with Crippen molar-refractivity contribution in [1.29, 1.82) is 0 Å². The summed E-state index contributed by atoms with van der Waals surface area (Å²) < 4.78 is 47.9. The molecule has 61 heavy (non-hydrogen) atoms. The van der Waals surface area contributed by atoms with Crippen molar-refractivity contribution in [3.05, 3.63) is 67.3 Å². The zero-order valence-electron chi connectivity index (χ0n) is 37.0. The Morgan fingerprint density at radius 2 is 1.75 bits per heavy atom. The Balaban J connectivity index is 0.000000257. The summed E-state index contributed by atoms with van der Waals surface area (Å²) in [6.07, 6.45) is 4.60. The molecule has 2 aromatic carbocycles. The number of nitrogens with zero attached hydrogens (tertiary/aromatic N) is 2. The summed E-state index contributed by atoms with van der Waals surface area (Å²) in [4.78, 5) is 43.1. The number of carbonyl (C=O) groups excluding carboxylic acids is 3. The van der Waals surface area contributed by atoms with Crippen LogP contribution in [0.5, 0.6) is 11.5 Å². The minimum Gasteiger partial charge on any atom is -0.497 e. The third-order valence-electron chi connectivity index (χ3n) is 11.4. The van der Waals surface area contributed by atoms with Gasteiger partial charge in [-0.1, -0.05) is 50.3 Å². The fourth-order valence-corrected chi connectivity index (χ4v) is 8.81. The Labute approximate surface area is 361 Å². The predicted molar refractivity (Wildman–Crippen MR) is 235 cm³/mol. The van der Waals surface area contributed by atoms with Crippen molar-refractivity contribution in [3.8, 4) is 22.8 Å². The van der Waals surface area contributed by atoms with Crippen LogP contribution in [0.1, 0.15) is 73.6 Å². The number of pyridine rings is 1. The molecule has 16 heteroatoms. The molecule has 2 heterocycles. The van der Waals surface area contributed by atoms with Crippen LogP contribution in [0.25, 0.3) is 22.2 Å². The van der Waals surface area contributed by atoms with Crippen LogP contribution < -0.4 is 24.8 Å². The van der Waals surface area contributed by atoms with Crippen LogP contribution in [0.4, 0.5) is 0 Å². The number of likely N-dealkylation sites (tertiary alicyclic amines) is 1. The number of aromatic nitrogens is 1. The monoisotopic (exact) mass is 867 g/mol. The van der Waals surface area contributed by atoms with E-state index in [0.717, 1.165) is 33.7 Å². The highest BCUT2D eigenvalue weighted by molar-refractivity contribution is 7.91. The molecule has 3 aromatic rings. The van der Waals surface area contributed by atoms with Gasteiger partial charge < -0.3 is 34.3 Å². The van der Waals surface area contributed by atoms with Crippen LogP contribution in [0.2, 0.25) is 0 Å². The Bertz CT molecular complexity index is 2070. The maximum absolute atomic E-state index is 13.1. The molecule has 15 nitrogen and oxygen atoms in total. The number of ether oxygens (including phenoxy) is 4. The fourth-order valence-electron chi connectivity index (χ4n) is 7.17. The molecular formula is C45H65N5O10S. The second-order valence-electron chi connectivity index (χ2n) is 17.1. The largest absolute Gasteiger partial charge is 0.497 e. The number of hydrogen-bond donors (Lipinski definition) is 4. The average molecular weight is 868 g/mol. The van der Waals surface area contributed by atoms with E-state index in [1.54, 1.807) is 20.3 Å². The third-order valence-corrected chi connectivity index (χ3v) is 13.6. The number of methoxy groups -OCH3 is 3. The highest BCUT2D eigenvalue weighted by atomic mass is 32.2. The molecule has 6 rings (SSSR count). The number of hydrogen-bond acceptors (Lipinski definition) is 12. The number of amides is 3. The van der Waals surface area contributed by atoms with Gasteiger partial charge in [0.05, 0.1) is 41.9 Å². The summed E-state index contributed by atoms with van der Waals surface area (Å²) in [7, 11) is 1.11. The van der Waals surface area contributed by atoms with Gasteiger partial charge in [0.25, 0.3) is 5.91 Å². The zero-order valence-corrected chi connectivity index (χ0v) is 37.8. The van der Waals surface area contributed by atoms with E-state index in [2.05, 4.69) is 21.9 Å². The minimum absolute atomic E-state index is 0.00239. The number of carbonyl (C=O) groups is 3. The van der Waals surface area contributed by atoms with E-state index >= 15 is 0 Å². The molecule has 1 aromatic heterocycles. The molecule has 0 bridgehead atoms. The van der Waals surface area contributed by atoms with Gasteiger partial charge in [-0.25, -0.2) is 13.4 Å². The van der Waals surface area contributed by atoms with Gasteiger partial charge in [0, 0.05) is 62.3 Å². The molecular weight excluding hydrogens is 803 g/mol. The third kappa shape index (κ3) is 12.3. The number of aliphatic hydroxyl groups is 1. The first-order chi connectivity index (χ1) is 28.8. The average Bonchev–Trinajstić information content (AvgIpc) is 4.15. The molecule has 2 unspecified atom stereocenters. The lowest BCUT2D eigenvalue weighted by Gasteiger charge is -2.28. The molecule has 3 amide bonds. The van der Waals surface area contributed by atoms with Crippen molar-refractivity contribution in [2.45, 2.75) is 108 Å². The zero-order chi connectivity index (χ0) is 45.2. The number of nitrogens with one attached hydrogen (secondary N) is 3. The normalized spacial score (nSPS) is 21.8. The second-order valence-corrected chi connectivity index (χ2v) is 19.2. The Morgan fingerprint density at radius 3 is 2.28 bits per heavy atom. The van der Waals surface area contributed by atoms with E-state index in [0.29, 0.717) is 51.7 Å². The molecule has 1 saturated heterocycles. The molecule has 3 aliphatic rings. The highest BCUT2D eigenvalue weighted by Crippen LogP contribution is 2.48. The van der Waals surface area contributed by atoms with Crippen molar-refractivity contribution in [2.24, 2.45) is 11.8 Å². The first kappa shape index (κ1) is 49.0. The van der Waals surface area contributed by atoms with Gasteiger partial charge in [0.1, 0.15) is 29.2 Å². The van der Waals surface area contributed by atoms with Crippen LogP contribution in [-0.2, 0) is 33.9 Å². The molecule has 0 radical (unpaired) electrons. The SMILES string of the molecule is C=CC1C[C@]1(NCO)C(=O)NS(=O)(=O)C1(CCOC)CC1.COC(C)(C)C.COc1ccc2c(OC3C[C@@H](C)N(C(=O)[C@@H](NC=O)C(C)C)C3)cc(-c3ccccc3)nc2c1. The Kier molecular flexibility index (Phi) is 16.9. The molecule has 5 atom stereocenters. The quantitative estimate of drug-likeness (QED) is 0.0811. The Morgan fingerprint density at radius 1 is 1.08 bits per heavy atom. The summed E-state index contributed by atoms with van der Waals surface area (Å²) in [5.74, 6) is 0.584. The van der Waals surface area contributed by atoms with Crippen LogP contribution >= 0.6 is 0 Å². The van der Waals surface area contributed by atoms with Crippen LogP contribution in [-0.4, -0.2) is 117 Å². The summed E-state index contributed by atoms with van der Waals surface area (Å²) in [5.41, 5.74) is 1.57. The van der Waals surface area contributed by atoms with E-state index in [9.17, 15) is 22.8 Å². The Hall–Kier alpha value is -4.61. The first-order valence-corrected chi connectivity index (χ1v) is 22.1. The van der Waals surface area contributed by atoms with Crippen molar-refractivity contribution in [3.63, 3.8) is 0 Å². The van der Waals surface area contributed by atoms with Gasteiger partial charge in [-0.3, -0.25) is 24.4 Å². The molecule has 2 saturated carbocycles. The standard InChI is InChI=1S/C27H31N3O4.C13H22N2O5S.C5H12O/c1-17(2)26(28-16-31)27(32)30-15-21(12-18(30)3)34-25-14-23(19-8-6-5-7-9-19)29-24-13-20(33-4)10-11-22(24)25;1-3-10-8-13(10,14-9-16)11(17)15-21(18,19)12(4-5-12)6-7-20-2;1-5(2,3)6-4/h5-11,13-14,16-18,21,26H,12,15H2,1-4H3,(H,28,31);3,10,14,16H,1,4-9H2,2H3,(H,15,17);1-4H3/t18-,21?,26+;10?,13-;/m11./s1. The summed E-state index contributed by atoms with van der Waals surface area (Å²) in [6, 6.07) is 17.1. The smallest absolute Gasteiger partial charge is 0.254 e. The molecule has 336 valence electrons. The number of sulfonamides is 1. The lowest BCUT2D eigenvalue weighted by atomic mass is 10.0. The van der Waals surface area contributed by atoms with Crippen molar-refractivity contribution >= 4 is 39.2 Å². The van der Waals surface area contributed by atoms with E-state index in [1.165, 1.54) is 7.11 Å². The summed E-state index contributed by atoms with van der Waals surface area (Å²) in [6.45, 7) is 16.0. The second kappa shape index (κ2) is 21.0. The van der Waals surface area contributed by atoms with Gasteiger partial charge >= 0.3 is 0 Å². The van der Waals surface area contributed by atoms with Gasteiger partial charge in [-0.15, -0.1) is 6.58 Å². The van der Waals surface area contributed by atoms with E-state index in [-0.39, 0.29) is 35.5 Å². The van der Waals surface area contributed by atoms with Crippen molar-refractivity contribution in [2.75, 3.05) is 41.2 Å². The topological polar surface area (TPSA) is 195 Å². The number of benzene rings is 2. The van der Waals surface area contributed by atoms with Crippen LogP contribution in [0.15, 0.2) is 67.3 Å². The summed E-state index contributed by atoms with van der Waals surface area (Å²) in [5, 5.41) is 15.2. The minimum atomic E-state index is -3.75. The van der Waals surface area contributed by atoms with Gasteiger partial charge in [-0.05, 0) is 71.4 Å². The lowest BCUT2D eigenvalue weighted by molar-refractivity contribution is -0.136. The van der Waals surface area contributed by atoms with E-state index in [4.69, 9.17) is 29.0 Å². The van der Waals surface area contributed by atoms with Gasteiger partial charge in [0.2, 0.25) is 22.3 Å². The van der Waals surface area contributed by atoms with Crippen molar-refractivity contribution < 1.29 is 46.9 Å². The van der Waals surface area contributed by atoms with Gasteiger partial charge in [-0.2, -0.15) is 0 Å². The van der Waals surface area contributed by atoms with E-state index in [1.807, 2.05) is 101 Å². The maximum Gasteiger partial charge on any atom is 0.254 e. The van der Waals surface area contributed by atoms with Crippen molar-refractivity contribution in [1.82, 2.24) is 25.2 Å². The maximum atomic E-state index is 13.1. The summed E-state index contributed by atoms with van der Waals surface area (Å²) >= 11 is 0. The molecule has 4 N–H and O–H groups in total. The number of rotatable bonds is 17. The molecule has 0 spiro atoms. The predicted octanol–water partition coefficient (Wildman–Crippen LogP) is 4.97. The first-order valence-electron chi connectivity index (χ1n) is 20.6. The number of fused-ring (bicyclic) bond motifs is 1. The fraction of sp³-hybridized carbons (Fsp3) is 0.556. The van der Waals surface area contributed by atoms with Crippen LogP contribution in [0.3, 0.4) is 0 Å². The van der Waals surface area contributed by atoms with Gasteiger partial charge in [0.15, 0.2) is 0 Å².